The molecule has 0 aliphatic carbocycles. The van der Waals surface area contributed by atoms with Crippen molar-refractivity contribution < 1.29 is 4.74 Å². The lowest BCUT2D eigenvalue weighted by Crippen LogP contribution is -2.23. The fourth-order valence-corrected chi connectivity index (χ4v) is 3.27. The van der Waals surface area contributed by atoms with Gasteiger partial charge >= 0.3 is 0 Å². The van der Waals surface area contributed by atoms with Crippen LogP contribution >= 0.6 is 11.3 Å². The molecular formula is C13H19N3OS. The van der Waals surface area contributed by atoms with E-state index in [2.05, 4.69) is 16.0 Å². The first-order chi connectivity index (χ1) is 8.85. The third-order valence-corrected chi connectivity index (χ3v) is 4.32. The number of nitriles is 1. The number of hydrogen-bond acceptors (Lipinski definition) is 5. The molecule has 1 aromatic rings. The molecule has 2 heterocycles. The smallest absolute Gasteiger partial charge is 0.185 e. The molecular weight excluding hydrogens is 246 g/mol. The van der Waals surface area contributed by atoms with Crippen molar-refractivity contribution >= 4 is 16.5 Å². The summed E-state index contributed by atoms with van der Waals surface area (Å²) in [5, 5.41) is 9.92. The summed E-state index contributed by atoms with van der Waals surface area (Å²) in [6.07, 6.45) is 5.56. The number of anilines is 1. The van der Waals surface area contributed by atoms with E-state index in [0.29, 0.717) is 13.0 Å². The molecule has 5 heteroatoms. The van der Waals surface area contributed by atoms with Crippen LogP contribution in [0.3, 0.4) is 0 Å². The van der Waals surface area contributed by atoms with Gasteiger partial charge in [-0.25, -0.2) is 4.98 Å². The van der Waals surface area contributed by atoms with Gasteiger partial charge in [-0.15, -0.1) is 11.3 Å². The number of rotatable bonds is 4. The fourth-order valence-electron chi connectivity index (χ4n) is 2.23. The van der Waals surface area contributed by atoms with Crippen molar-refractivity contribution in [3.8, 4) is 6.07 Å². The molecule has 0 unspecified atom stereocenters. The van der Waals surface area contributed by atoms with Crippen molar-refractivity contribution in [2.45, 2.75) is 38.7 Å². The number of nitrogens with zero attached hydrogens (tertiary/aromatic N) is 3. The normalized spacial score (nSPS) is 16.3. The molecule has 2 rings (SSSR count). The number of thiazole rings is 1. The van der Waals surface area contributed by atoms with Gasteiger partial charge in [0.2, 0.25) is 0 Å². The Labute approximate surface area is 112 Å². The molecule has 1 aliphatic rings. The molecule has 4 nitrogen and oxygen atoms in total. The summed E-state index contributed by atoms with van der Waals surface area (Å²) in [5.41, 5.74) is 0.934. The summed E-state index contributed by atoms with van der Waals surface area (Å²) in [6.45, 7) is 2.68. The van der Waals surface area contributed by atoms with Crippen LogP contribution in [0.5, 0.6) is 0 Å². The van der Waals surface area contributed by atoms with Crippen LogP contribution in [0.1, 0.15) is 36.3 Å². The van der Waals surface area contributed by atoms with Gasteiger partial charge in [0.1, 0.15) is 0 Å². The summed E-state index contributed by atoms with van der Waals surface area (Å²) < 4.78 is 5.16. The summed E-state index contributed by atoms with van der Waals surface area (Å²) in [5.74, 6) is 0. The molecule has 1 saturated heterocycles. The average molecular weight is 265 g/mol. The van der Waals surface area contributed by atoms with E-state index in [9.17, 15) is 0 Å². The third kappa shape index (κ3) is 3.21. The van der Waals surface area contributed by atoms with Crippen LogP contribution < -0.4 is 4.90 Å². The van der Waals surface area contributed by atoms with Crippen molar-refractivity contribution in [2.24, 2.45) is 0 Å². The quantitative estimate of drug-likeness (QED) is 0.840. The number of aromatic nitrogens is 1. The Morgan fingerprint density at radius 3 is 2.67 bits per heavy atom. The lowest BCUT2D eigenvalue weighted by molar-refractivity contribution is 0.181. The molecule has 0 spiro atoms. The molecule has 18 heavy (non-hydrogen) atoms. The van der Waals surface area contributed by atoms with E-state index in [-0.39, 0.29) is 0 Å². The molecule has 0 radical (unpaired) electrons. The van der Waals surface area contributed by atoms with E-state index in [1.165, 1.54) is 25.7 Å². The zero-order chi connectivity index (χ0) is 12.8. The van der Waals surface area contributed by atoms with Crippen LogP contribution in [0.4, 0.5) is 5.13 Å². The van der Waals surface area contributed by atoms with Gasteiger partial charge in [0.25, 0.3) is 0 Å². The second-order valence-corrected chi connectivity index (χ2v) is 5.60. The van der Waals surface area contributed by atoms with Crippen LogP contribution in [0.15, 0.2) is 0 Å². The van der Waals surface area contributed by atoms with Gasteiger partial charge in [-0.3, -0.25) is 0 Å². The maximum absolute atomic E-state index is 8.85. The van der Waals surface area contributed by atoms with E-state index < -0.39 is 0 Å². The van der Waals surface area contributed by atoms with E-state index in [1.54, 1.807) is 18.4 Å². The molecule has 0 bridgehead atoms. The molecule has 98 valence electrons. The van der Waals surface area contributed by atoms with Gasteiger partial charge < -0.3 is 9.64 Å². The SMILES string of the molecule is COCc1nc(N2CCCCCC2)sc1CC#N. The minimum absolute atomic E-state index is 0.435. The largest absolute Gasteiger partial charge is 0.378 e. The van der Waals surface area contributed by atoms with Crippen molar-refractivity contribution in [2.75, 3.05) is 25.1 Å². The number of ether oxygens (including phenoxy) is 1. The first kappa shape index (κ1) is 13.3. The lowest BCUT2D eigenvalue weighted by Gasteiger charge is -2.18. The zero-order valence-corrected chi connectivity index (χ0v) is 11.6. The average Bonchev–Trinajstić information content (AvgIpc) is 2.62. The standard InChI is InChI=1S/C13H19N3OS/c1-17-10-11-12(6-7-14)18-13(15-11)16-8-4-2-3-5-9-16/h2-6,8-10H2,1H3. The van der Waals surface area contributed by atoms with Gasteiger partial charge in [0, 0.05) is 25.1 Å². The Kier molecular flexibility index (Phi) is 4.97. The highest BCUT2D eigenvalue weighted by molar-refractivity contribution is 7.15. The maximum Gasteiger partial charge on any atom is 0.185 e. The molecule has 0 N–H and O–H groups in total. The van der Waals surface area contributed by atoms with E-state index in [1.807, 2.05) is 0 Å². The van der Waals surface area contributed by atoms with E-state index in [4.69, 9.17) is 10.00 Å². The second kappa shape index (κ2) is 6.72. The highest BCUT2D eigenvalue weighted by Gasteiger charge is 2.17. The molecule has 0 amide bonds. The zero-order valence-electron chi connectivity index (χ0n) is 10.8. The Morgan fingerprint density at radius 2 is 2.06 bits per heavy atom. The molecule has 0 atom stereocenters. The van der Waals surface area contributed by atoms with Gasteiger partial charge in [-0.2, -0.15) is 5.26 Å². The first-order valence-electron chi connectivity index (χ1n) is 6.44. The summed E-state index contributed by atoms with van der Waals surface area (Å²) in [4.78, 5) is 8.07. The lowest BCUT2D eigenvalue weighted by atomic mass is 10.2. The van der Waals surface area contributed by atoms with Gasteiger partial charge in [-0.1, -0.05) is 12.8 Å². The van der Waals surface area contributed by atoms with Gasteiger partial charge in [0.15, 0.2) is 5.13 Å². The summed E-state index contributed by atoms with van der Waals surface area (Å²) in [7, 11) is 1.67. The third-order valence-electron chi connectivity index (χ3n) is 3.16. The molecule has 1 aromatic heterocycles. The molecule has 0 aromatic carbocycles. The molecule has 1 aliphatic heterocycles. The van der Waals surface area contributed by atoms with Crippen LogP contribution in [0.25, 0.3) is 0 Å². The highest BCUT2D eigenvalue weighted by Crippen LogP contribution is 2.29. The Balaban J connectivity index is 2.16. The van der Waals surface area contributed by atoms with E-state index >= 15 is 0 Å². The van der Waals surface area contributed by atoms with Gasteiger partial charge in [0.05, 0.1) is 24.8 Å². The Morgan fingerprint density at radius 1 is 1.33 bits per heavy atom. The van der Waals surface area contributed by atoms with Crippen molar-refractivity contribution in [1.82, 2.24) is 4.98 Å². The predicted molar refractivity (Wildman–Crippen MR) is 72.8 cm³/mol. The highest BCUT2D eigenvalue weighted by atomic mass is 32.1. The van der Waals surface area contributed by atoms with Crippen LogP contribution in [0.2, 0.25) is 0 Å². The summed E-state index contributed by atoms with van der Waals surface area (Å²) in [6, 6.07) is 2.21. The topological polar surface area (TPSA) is 49.1 Å². The van der Waals surface area contributed by atoms with Crippen LogP contribution in [0, 0.1) is 11.3 Å². The number of hydrogen-bond donors (Lipinski definition) is 0. The second-order valence-electron chi connectivity index (χ2n) is 4.54. The van der Waals surface area contributed by atoms with Crippen molar-refractivity contribution in [3.05, 3.63) is 10.6 Å². The first-order valence-corrected chi connectivity index (χ1v) is 7.26. The van der Waals surface area contributed by atoms with Crippen molar-refractivity contribution in [1.29, 1.82) is 5.26 Å². The monoisotopic (exact) mass is 265 g/mol. The predicted octanol–water partition coefficient (Wildman–Crippen LogP) is 2.74. The minimum atomic E-state index is 0.435. The number of methoxy groups -OCH3 is 1. The van der Waals surface area contributed by atoms with E-state index in [0.717, 1.165) is 28.8 Å². The maximum atomic E-state index is 8.85. The summed E-state index contributed by atoms with van der Waals surface area (Å²) >= 11 is 1.65. The Hall–Kier alpha value is -1.12. The molecule has 0 saturated carbocycles. The fraction of sp³-hybridized carbons (Fsp3) is 0.692. The van der Waals surface area contributed by atoms with Crippen LogP contribution in [-0.2, 0) is 17.8 Å². The van der Waals surface area contributed by atoms with Crippen molar-refractivity contribution in [3.63, 3.8) is 0 Å². The Bertz CT molecular complexity index is 416. The molecule has 1 fully saturated rings. The minimum Gasteiger partial charge on any atom is -0.378 e. The van der Waals surface area contributed by atoms with Gasteiger partial charge in [-0.05, 0) is 12.8 Å². The van der Waals surface area contributed by atoms with Crippen LogP contribution in [-0.4, -0.2) is 25.2 Å².